The first-order chi connectivity index (χ1) is 11.0. The number of carbonyl (C=O) groups is 1. The number of hydrogen-bond acceptors (Lipinski definition) is 3. The molecule has 2 heterocycles. The largest absolute Gasteiger partial charge is 0.472 e. The Morgan fingerprint density at radius 3 is 2.91 bits per heavy atom. The van der Waals surface area contributed by atoms with Crippen LogP contribution in [0, 0.1) is 11.6 Å². The number of likely N-dealkylation sites (tertiary alicyclic amines) is 1. The molecule has 23 heavy (non-hydrogen) atoms. The van der Waals surface area contributed by atoms with Gasteiger partial charge in [0, 0.05) is 18.5 Å². The number of aryl methyl sites for hydroxylation is 1. The molecule has 1 N–H and O–H groups in total. The molecule has 1 aliphatic rings. The highest BCUT2D eigenvalue weighted by molar-refractivity contribution is 5.77. The van der Waals surface area contributed by atoms with Crippen molar-refractivity contribution >= 4 is 5.91 Å². The van der Waals surface area contributed by atoms with E-state index in [1.165, 1.54) is 11.2 Å². The number of halogens is 2. The maximum atomic E-state index is 14.0. The second-order valence-corrected chi connectivity index (χ2v) is 5.75. The summed E-state index contributed by atoms with van der Waals surface area (Å²) in [6.07, 6.45) is 3.29. The van der Waals surface area contributed by atoms with Crippen molar-refractivity contribution in [3.8, 4) is 0 Å². The normalized spacial score (nSPS) is 20.9. The lowest BCUT2D eigenvalue weighted by molar-refractivity contribution is -0.132. The van der Waals surface area contributed by atoms with Crippen LogP contribution in [0.25, 0.3) is 0 Å². The highest BCUT2D eigenvalue weighted by Gasteiger charge is 2.36. The first-order valence-electron chi connectivity index (χ1n) is 7.48. The molecular weight excluding hydrogens is 304 g/mol. The summed E-state index contributed by atoms with van der Waals surface area (Å²) in [6, 6.07) is 4.31. The minimum absolute atomic E-state index is 0.109. The fourth-order valence-corrected chi connectivity index (χ4v) is 2.98. The molecule has 1 aromatic carbocycles. The maximum absolute atomic E-state index is 14.0. The molecule has 1 aliphatic heterocycles. The zero-order valence-corrected chi connectivity index (χ0v) is 12.4. The van der Waals surface area contributed by atoms with E-state index in [1.54, 1.807) is 12.3 Å². The van der Waals surface area contributed by atoms with Crippen molar-refractivity contribution in [3.05, 3.63) is 59.6 Å². The van der Waals surface area contributed by atoms with Crippen LogP contribution in [0.5, 0.6) is 0 Å². The molecule has 0 unspecified atom stereocenters. The van der Waals surface area contributed by atoms with Gasteiger partial charge in [0.2, 0.25) is 5.91 Å². The Labute approximate surface area is 132 Å². The molecule has 0 bridgehead atoms. The first kappa shape index (κ1) is 15.7. The van der Waals surface area contributed by atoms with E-state index >= 15 is 0 Å². The minimum Gasteiger partial charge on any atom is -0.472 e. The summed E-state index contributed by atoms with van der Waals surface area (Å²) in [7, 11) is 0. The smallest absolute Gasteiger partial charge is 0.223 e. The minimum atomic E-state index is -0.736. The van der Waals surface area contributed by atoms with Crippen molar-refractivity contribution < 1.29 is 23.1 Å². The van der Waals surface area contributed by atoms with Gasteiger partial charge in [-0.2, -0.15) is 0 Å². The van der Waals surface area contributed by atoms with Crippen LogP contribution >= 0.6 is 0 Å². The molecule has 0 radical (unpaired) electrons. The molecule has 6 heteroatoms. The number of nitrogens with zero attached hydrogens (tertiary/aromatic N) is 1. The molecule has 2 atom stereocenters. The lowest BCUT2D eigenvalue weighted by Gasteiger charge is -2.25. The van der Waals surface area contributed by atoms with Gasteiger partial charge < -0.3 is 14.4 Å². The molecule has 1 amide bonds. The highest BCUT2D eigenvalue weighted by Crippen LogP contribution is 2.34. The maximum Gasteiger partial charge on any atom is 0.223 e. The number of carbonyl (C=O) groups excluding carboxylic acids is 1. The SMILES string of the molecule is O=C(CCc1ccoc1)N1C[C@H](O)C[C@H]1c1cc(F)ccc1F. The molecule has 2 aromatic rings. The number of aliphatic hydroxyl groups excluding tert-OH is 1. The van der Waals surface area contributed by atoms with Crippen molar-refractivity contribution in [2.75, 3.05) is 6.54 Å². The van der Waals surface area contributed by atoms with Gasteiger partial charge in [-0.05, 0) is 42.7 Å². The van der Waals surface area contributed by atoms with Crippen LogP contribution < -0.4 is 0 Å². The summed E-state index contributed by atoms with van der Waals surface area (Å²) in [6.45, 7) is 0.130. The van der Waals surface area contributed by atoms with E-state index in [0.29, 0.717) is 6.42 Å². The fourth-order valence-electron chi connectivity index (χ4n) is 2.98. The van der Waals surface area contributed by atoms with Crippen LogP contribution in [-0.2, 0) is 11.2 Å². The summed E-state index contributed by atoms with van der Waals surface area (Å²) < 4.78 is 32.4. The summed E-state index contributed by atoms with van der Waals surface area (Å²) in [5.74, 6) is -1.33. The number of hydrogen-bond donors (Lipinski definition) is 1. The van der Waals surface area contributed by atoms with E-state index in [2.05, 4.69) is 0 Å². The highest BCUT2D eigenvalue weighted by atomic mass is 19.1. The van der Waals surface area contributed by atoms with Crippen LogP contribution in [0.3, 0.4) is 0 Å². The molecule has 0 saturated carbocycles. The van der Waals surface area contributed by atoms with E-state index in [-0.39, 0.29) is 30.9 Å². The number of β-amino-alcohol motifs (C(OH)–C–C–N with tert-alkyl or cyclic N) is 1. The Kier molecular flexibility index (Phi) is 4.43. The predicted octanol–water partition coefficient (Wildman–Crippen LogP) is 2.82. The van der Waals surface area contributed by atoms with Crippen LogP contribution in [-0.4, -0.2) is 28.6 Å². The standard InChI is InChI=1S/C17H17F2NO3/c18-12-2-3-15(19)14(7-12)16-8-13(21)9-20(16)17(22)4-1-11-5-6-23-10-11/h2-3,5-7,10,13,16,21H,1,4,8-9H2/t13-,16+/m1/s1. The van der Waals surface area contributed by atoms with Crippen LogP contribution in [0.2, 0.25) is 0 Å². The molecule has 1 aromatic heterocycles. The van der Waals surface area contributed by atoms with Gasteiger partial charge in [0.25, 0.3) is 0 Å². The average Bonchev–Trinajstić information content (AvgIpc) is 3.16. The molecule has 0 aliphatic carbocycles. The van der Waals surface area contributed by atoms with Crippen LogP contribution in [0.15, 0.2) is 41.2 Å². The van der Waals surface area contributed by atoms with Gasteiger partial charge in [0.15, 0.2) is 0 Å². The molecule has 122 valence electrons. The zero-order valence-electron chi connectivity index (χ0n) is 12.4. The second kappa shape index (κ2) is 6.50. The molecule has 1 saturated heterocycles. The van der Waals surface area contributed by atoms with Gasteiger partial charge in [0.1, 0.15) is 11.6 Å². The van der Waals surface area contributed by atoms with Crippen molar-refractivity contribution in [1.82, 2.24) is 4.90 Å². The Morgan fingerprint density at radius 1 is 1.35 bits per heavy atom. The van der Waals surface area contributed by atoms with Gasteiger partial charge >= 0.3 is 0 Å². The average molecular weight is 321 g/mol. The monoisotopic (exact) mass is 321 g/mol. The molecule has 1 fully saturated rings. The Balaban J connectivity index is 1.76. The van der Waals surface area contributed by atoms with Gasteiger partial charge in [-0.1, -0.05) is 0 Å². The topological polar surface area (TPSA) is 53.7 Å². The summed E-state index contributed by atoms with van der Waals surface area (Å²) in [5.41, 5.74) is 1.00. The lowest BCUT2D eigenvalue weighted by atomic mass is 10.0. The van der Waals surface area contributed by atoms with Crippen molar-refractivity contribution in [2.45, 2.75) is 31.4 Å². The molecular formula is C17H17F2NO3. The molecule has 0 spiro atoms. The summed E-state index contributed by atoms with van der Waals surface area (Å²) in [5, 5.41) is 9.87. The third-order valence-corrected chi connectivity index (χ3v) is 4.12. The summed E-state index contributed by atoms with van der Waals surface area (Å²) >= 11 is 0. The Hall–Kier alpha value is -2.21. The lowest BCUT2D eigenvalue weighted by Crippen LogP contribution is -2.32. The summed E-state index contributed by atoms with van der Waals surface area (Å²) in [4.78, 5) is 13.9. The number of furan rings is 1. The van der Waals surface area contributed by atoms with Crippen LogP contribution in [0.4, 0.5) is 8.78 Å². The van der Waals surface area contributed by atoms with Gasteiger partial charge in [-0.15, -0.1) is 0 Å². The van der Waals surface area contributed by atoms with E-state index in [1.807, 2.05) is 0 Å². The number of amides is 1. The third-order valence-electron chi connectivity index (χ3n) is 4.12. The van der Waals surface area contributed by atoms with E-state index in [4.69, 9.17) is 4.42 Å². The Morgan fingerprint density at radius 2 is 2.17 bits per heavy atom. The number of benzene rings is 1. The van der Waals surface area contributed by atoms with Crippen molar-refractivity contribution in [2.24, 2.45) is 0 Å². The van der Waals surface area contributed by atoms with E-state index in [9.17, 15) is 18.7 Å². The zero-order chi connectivity index (χ0) is 16.4. The fraction of sp³-hybridized carbons (Fsp3) is 0.353. The van der Waals surface area contributed by atoms with Crippen molar-refractivity contribution in [3.63, 3.8) is 0 Å². The van der Waals surface area contributed by atoms with Crippen molar-refractivity contribution in [1.29, 1.82) is 0 Å². The van der Waals surface area contributed by atoms with Gasteiger partial charge in [-0.3, -0.25) is 4.79 Å². The van der Waals surface area contributed by atoms with Crippen LogP contribution in [0.1, 0.15) is 30.0 Å². The first-order valence-corrected chi connectivity index (χ1v) is 7.48. The van der Waals surface area contributed by atoms with E-state index < -0.39 is 23.8 Å². The van der Waals surface area contributed by atoms with E-state index in [0.717, 1.165) is 23.8 Å². The second-order valence-electron chi connectivity index (χ2n) is 5.75. The number of aliphatic hydroxyl groups is 1. The quantitative estimate of drug-likeness (QED) is 0.942. The third kappa shape index (κ3) is 3.42. The molecule has 3 rings (SSSR count). The van der Waals surface area contributed by atoms with Gasteiger partial charge in [-0.25, -0.2) is 8.78 Å². The Bertz CT molecular complexity index is 687. The molecule has 4 nitrogen and oxygen atoms in total. The van der Waals surface area contributed by atoms with Gasteiger partial charge in [0.05, 0.1) is 24.7 Å². The predicted molar refractivity (Wildman–Crippen MR) is 78.5 cm³/mol. The number of rotatable bonds is 4.